The van der Waals surface area contributed by atoms with Crippen molar-refractivity contribution in [1.29, 1.82) is 0 Å². The van der Waals surface area contributed by atoms with Crippen LogP contribution in [0.5, 0.6) is 0 Å². The summed E-state index contributed by atoms with van der Waals surface area (Å²) in [4.78, 5) is 20.6. The third-order valence-corrected chi connectivity index (χ3v) is 4.56. The van der Waals surface area contributed by atoms with E-state index in [1.54, 1.807) is 32.2 Å². The van der Waals surface area contributed by atoms with Crippen LogP contribution in [0.15, 0.2) is 35.2 Å². The number of benzene rings is 1. The Balaban J connectivity index is 1.94. The molecule has 0 atom stereocenters. The number of nitrogens with one attached hydrogen (secondary N) is 2. The van der Waals surface area contributed by atoms with Crippen molar-refractivity contribution in [2.24, 2.45) is 5.14 Å². The minimum absolute atomic E-state index is 0.0785. The smallest absolute Gasteiger partial charge is 0.270 e. The van der Waals surface area contributed by atoms with Crippen molar-refractivity contribution < 1.29 is 17.9 Å². The third-order valence-electron chi connectivity index (χ3n) is 3.63. The first-order valence-corrected chi connectivity index (χ1v) is 9.82. The quantitative estimate of drug-likeness (QED) is 0.527. The number of aryl methyl sites for hydroxylation is 1. The molecule has 1 aromatic heterocycles. The number of amides is 1. The fraction of sp³-hybridized carbons (Fsp3) is 0.353. The van der Waals surface area contributed by atoms with Crippen LogP contribution in [-0.4, -0.2) is 51.1 Å². The zero-order valence-electron chi connectivity index (χ0n) is 15.2. The van der Waals surface area contributed by atoms with Gasteiger partial charge in [0, 0.05) is 26.3 Å². The third kappa shape index (κ3) is 6.59. The molecule has 1 heterocycles. The second-order valence-electron chi connectivity index (χ2n) is 5.80. The molecule has 0 unspecified atom stereocenters. The topological polar surface area (TPSA) is 136 Å². The second kappa shape index (κ2) is 9.40. The largest absolute Gasteiger partial charge is 0.383 e. The number of nitrogens with zero attached hydrogens (tertiary/aromatic N) is 2. The normalized spacial score (nSPS) is 11.2. The van der Waals surface area contributed by atoms with Crippen LogP contribution >= 0.6 is 0 Å². The number of carbonyl (C=O) groups excluding carboxylic acids is 1. The molecule has 2 rings (SSSR count). The molecular formula is C17H23N5O4S. The van der Waals surface area contributed by atoms with Crippen molar-refractivity contribution >= 4 is 21.7 Å². The number of ether oxygens (including phenoxy) is 1. The first kappa shape index (κ1) is 20.7. The number of rotatable bonds is 9. The average molecular weight is 393 g/mol. The Bertz CT molecular complexity index is 885. The molecule has 0 spiro atoms. The van der Waals surface area contributed by atoms with Crippen LogP contribution in [0.3, 0.4) is 0 Å². The Morgan fingerprint density at radius 1 is 1.19 bits per heavy atom. The van der Waals surface area contributed by atoms with E-state index < -0.39 is 10.0 Å². The molecule has 0 saturated carbocycles. The van der Waals surface area contributed by atoms with Gasteiger partial charge < -0.3 is 15.4 Å². The number of sulfonamides is 1. The zero-order valence-corrected chi connectivity index (χ0v) is 16.0. The summed E-state index contributed by atoms with van der Waals surface area (Å²) in [5, 5.41) is 10.9. The van der Waals surface area contributed by atoms with Gasteiger partial charge in [-0.1, -0.05) is 12.1 Å². The molecule has 4 N–H and O–H groups in total. The Hall–Kier alpha value is -2.56. The van der Waals surface area contributed by atoms with Crippen molar-refractivity contribution in [3.63, 3.8) is 0 Å². The molecule has 0 saturated heterocycles. The lowest BCUT2D eigenvalue weighted by molar-refractivity contribution is 0.0931. The maximum Gasteiger partial charge on any atom is 0.270 e. The highest BCUT2D eigenvalue weighted by atomic mass is 32.2. The number of primary sulfonamides is 1. The van der Waals surface area contributed by atoms with Crippen molar-refractivity contribution in [2.45, 2.75) is 18.2 Å². The highest BCUT2D eigenvalue weighted by Crippen LogP contribution is 2.11. The molecule has 9 nitrogen and oxygen atoms in total. The minimum Gasteiger partial charge on any atom is -0.383 e. The van der Waals surface area contributed by atoms with Crippen LogP contribution in [0.2, 0.25) is 0 Å². The number of hydrogen-bond donors (Lipinski definition) is 3. The van der Waals surface area contributed by atoms with Gasteiger partial charge in [0.15, 0.2) is 0 Å². The SMILES string of the molecule is COCCNC(=O)c1cc(NCCc2ccc(S(N)(=O)=O)cc2)nc(C)n1. The van der Waals surface area contributed by atoms with Gasteiger partial charge in [0.25, 0.3) is 5.91 Å². The van der Waals surface area contributed by atoms with Gasteiger partial charge in [0.2, 0.25) is 10.0 Å². The number of methoxy groups -OCH3 is 1. The lowest BCUT2D eigenvalue weighted by atomic mass is 10.1. The summed E-state index contributed by atoms with van der Waals surface area (Å²) in [5.41, 5.74) is 1.22. The maximum absolute atomic E-state index is 12.1. The monoisotopic (exact) mass is 393 g/mol. The van der Waals surface area contributed by atoms with Gasteiger partial charge in [-0.25, -0.2) is 23.5 Å². The summed E-state index contributed by atoms with van der Waals surface area (Å²) < 4.78 is 27.4. The molecular weight excluding hydrogens is 370 g/mol. The molecule has 10 heteroatoms. The van der Waals surface area contributed by atoms with Crippen molar-refractivity contribution in [3.8, 4) is 0 Å². The highest BCUT2D eigenvalue weighted by Gasteiger charge is 2.10. The fourth-order valence-electron chi connectivity index (χ4n) is 2.31. The second-order valence-corrected chi connectivity index (χ2v) is 7.36. The molecule has 0 bridgehead atoms. The summed E-state index contributed by atoms with van der Waals surface area (Å²) in [7, 11) is -2.13. The van der Waals surface area contributed by atoms with E-state index in [-0.39, 0.29) is 16.5 Å². The van der Waals surface area contributed by atoms with Gasteiger partial charge in [0.05, 0.1) is 11.5 Å². The van der Waals surface area contributed by atoms with E-state index in [9.17, 15) is 13.2 Å². The molecule has 146 valence electrons. The van der Waals surface area contributed by atoms with E-state index in [1.165, 1.54) is 12.1 Å². The van der Waals surface area contributed by atoms with Crippen molar-refractivity contribution in [1.82, 2.24) is 15.3 Å². The molecule has 0 aliphatic carbocycles. The van der Waals surface area contributed by atoms with Gasteiger partial charge >= 0.3 is 0 Å². The zero-order chi connectivity index (χ0) is 19.9. The summed E-state index contributed by atoms with van der Waals surface area (Å²) in [6.45, 7) is 3.08. The first-order chi connectivity index (χ1) is 12.8. The lowest BCUT2D eigenvalue weighted by Crippen LogP contribution is -2.28. The van der Waals surface area contributed by atoms with Crippen LogP contribution in [0.25, 0.3) is 0 Å². The number of nitrogens with two attached hydrogens (primary N) is 1. The molecule has 0 radical (unpaired) electrons. The Labute approximate surface area is 158 Å². The van der Waals surface area contributed by atoms with Gasteiger partial charge in [-0.3, -0.25) is 4.79 Å². The van der Waals surface area contributed by atoms with E-state index in [0.29, 0.717) is 37.8 Å². The number of hydrogen-bond acceptors (Lipinski definition) is 7. The molecule has 27 heavy (non-hydrogen) atoms. The van der Waals surface area contributed by atoms with Crippen LogP contribution in [-0.2, 0) is 21.2 Å². The molecule has 0 aliphatic heterocycles. The van der Waals surface area contributed by atoms with Crippen LogP contribution in [0.1, 0.15) is 21.9 Å². The standard InChI is InChI=1S/C17H23N5O4S/c1-12-21-15(17(23)20-9-10-26-2)11-16(22-12)19-8-7-13-3-5-14(6-4-13)27(18,24)25/h3-6,11H,7-10H2,1-2H3,(H,20,23)(H2,18,24,25)(H,19,21,22). The summed E-state index contributed by atoms with van der Waals surface area (Å²) in [5.74, 6) is 0.731. The van der Waals surface area contributed by atoms with Gasteiger partial charge in [0.1, 0.15) is 17.3 Å². The van der Waals surface area contributed by atoms with Crippen LogP contribution < -0.4 is 15.8 Å². The number of anilines is 1. The van der Waals surface area contributed by atoms with Gasteiger partial charge in [-0.2, -0.15) is 0 Å². The first-order valence-electron chi connectivity index (χ1n) is 8.28. The highest BCUT2D eigenvalue weighted by molar-refractivity contribution is 7.89. The molecule has 2 aromatic rings. The predicted molar refractivity (Wildman–Crippen MR) is 101 cm³/mol. The maximum atomic E-state index is 12.1. The van der Waals surface area contributed by atoms with E-state index in [2.05, 4.69) is 20.6 Å². The van der Waals surface area contributed by atoms with E-state index in [1.807, 2.05) is 0 Å². The van der Waals surface area contributed by atoms with E-state index in [0.717, 1.165) is 5.56 Å². The Morgan fingerprint density at radius 2 is 1.89 bits per heavy atom. The molecule has 1 amide bonds. The molecule has 1 aromatic carbocycles. The average Bonchev–Trinajstić information content (AvgIpc) is 2.61. The predicted octanol–water partition coefficient (Wildman–Crippen LogP) is 0.463. The van der Waals surface area contributed by atoms with Crippen LogP contribution in [0, 0.1) is 6.92 Å². The number of aromatic nitrogens is 2. The van der Waals surface area contributed by atoms with E-state index >= 15 is 0 Å². The lowest BCUT2D eigenvalue weighted by Gasteiger charge is -2.09. The van der Waals surface area contributed by atoms with Crippen molar-refractivity contribution in [3.05, 3.63) is 47.4 Å². The summed E-state index contributed by atoms with van der Waals surface area (Å²) in [6, 6.07) is 7.95. The van der Waals surface area contributed by atoms with Crippen molar-refractivity contribution in [2.75, 3.05) is 32.1 Å². The van der Waals surface area contributed by atoms with Gasteiger partial charge in [-0.05, 0) is 31.0 Å². The number of carbonyl (C=O) groups is 1. The summed E-state index contributed by atoms with van der Waals surface area (Å²) in [6.07, 6.45) is 0.642. The Kier molecular flexibility index (Phi) is 7.22. The molecule has 0 fully saturated rings. The van der Waals surface area contributed by atoms with E-state index in [4.69, 9.17) is 9.88 Å². The van der Waals surface area contributed by atoms with Crippen LogP contribution in [0.4, 0.5) is 5.82 Å². The van der Waals surface area contributed by atoms with Gasteiger partial charge in [-0.15, -0.1) is 0 Å². The summed E-state index contributed by atoms with van der Waals surface area (Å²) >= 11 is 0. The molecule has 0 aliphatic rings. The minimum atomic E-state index is -3.69. The Morgan fingerprint density at radius 3 is 2.52 bits per heavy atom. The fourth-order valence-corrected chi connectivity index (χ4v) is 2.83.